The fourth-order valence-electron chi connectivity index (χ4n) is 3.76. The highest BCUT2D eigenvalue weighted by Gasteiger charge is 2.25. The molecule has 2 aliphatic rings. The summed E-state index contributed by atoms with van der Waals surface area (Å²) < 4.78 is 5.58. The molecular formula is C17H24ClNO. The van der Waals surface area contributed by atoms with Crippen LogP contribution >= 0.6 is 11.6 Å². The van der Waals surface area contributed by atoms with Crippen molar-refractivity contribution >= 4 is 11.6 Å². The number of hydrogen-bond donors (Lipinski definition) is 1. The van der Waals surface area contributed by atoms with Crippen LogP contribution in [0.1, 0.15) is 61.5 Å². The SMILES string of the molecule is COc1c(Cl)cc(C2CCCNC2)cc1C1CCCC1. The monoisotopic (exact) mass is 293 g/mol. The number of nitrogens with one attached hydrogen (secondary N) is 1. The van der Waals surface area contributed by atoms with Crippen LogP contribution < -0.4 is 10.1 Å². The molecule has 110 valence electrons. The fourth-order valence-corrected chi connectivity index (χ4v) is 4.08. The van der Waals surface area contributed by atoms with Gasteiger partial charge in [-0.2, -0.15) is 0 Å². The molecule has 1 saturated heterocycles. The first-order valence-corrected chi connectivity index (χ1v) is 8.25. The van der Waals surface area contributed by atoms with Crippen molar-refractivity contribution in [3.8, 4) is 5.75 Å². The first-order chi connectivity index (χ1) is 9.79. The molecule has 0 aromatic heterocycles. The van der Waals surface area contributed by atoms with Gasteiger partial charge in [0.2, 0.25) is 0 Å². The van der Waals surface area contributed by atoms with Gasteiger partial charge in [-0.1, -0.05) is 30.5 Å². The van der Waals surface area contributed by atoms with Gasteiger partial charge in [0.15, 0.2) is 0 Å². The van der Waals surface area contributed by atoms with Crippen molar-refractivity contribution in [1.29, 1.82) is 0 Å². The molecule has 20 heavy (non-hydrogen) atoms. The highest BCUT2D eigenvalue weighted by Crippen LogP contribution is 2.43. The summed E-state index contributed by atoms with van der Waals surface area (Å²) in [4.78, 5) is 0. The van der Waals surface area contributed by atoms with Crippen LogP contribution in [0.25, 0.3) is 0 Å². The zero-order valence-corrected chi connectivity index (χ0v) is 13.0. The summed E-state index contributed by atoms with van der Waals surface area (Å²) in [5, 5.41) is 4.29. The summed E-state index contributed by atoms with van der Waals surface area (Å²) in [6, 6.07) is 4.49. The zero-order chi connectivity index (χ0) is 13.9. The number of piperidine rings is 1. The highest BCUT2D eigenvalue weighted by molar-refractivity contribution is 6.32. The predicted molar refractivity (Wildman–Crippen MR) is 84.1 cm³/mol. The first kappa shape index (κ1) is 14.2. The van der Waals surface area contributed by atoms with Crippen molar-refractivity contribution in [3.63, 3.8) is 0 Å². The van der Waals surface area contributed by atoms with Crippen molar-refractivity contribution in [2.24, 2.45) is 0 Å². The van der Waals surface area contributed by atoms with E-state index in [2.05, 4.69) is 17.4 Å². The topological polar surface area (TPSA) is 21.3 Å². The maximum Gasteiger partial charge on any atom is 0.140 e. The average molecular weight is 294 g/mol. The zero-order valence-electron chi connectivity index (χ0n) is 12.3. The van der Waals surface area contributed by atoms with E-state index in [-0.39, 0.29) is 0 Å². The van der Waals surface area contributed by atoms with Gasteiger partial charge in [-0.15, -0.1) is 0 Å². The maximum atomic E-state index is 6.49. The van der Waals surface area contributed by atoms with Gasteiger partial charge in [-0.05, 0) is 61.3 Å². The van der Waals surface area contributed by atoms with E-state index in [4.69, 9.17) is 16.3 Å². The van der Waals surface area contributed by atoms with Crippen LogP contribution in [0.3, 0.4) is 0 Å². The van der Waals surface area contributed by atoms with Crippen LogP contribution in [0.15, 0.2) is 12.1 Å². The summed E-state index contributed by atoms with van der Waals surface area (Å²) in [5.41, 5.74) is 2.74. The van der Waals surface area contributed by atoms with E-state index < -0.39 is 0 Å². The number of halogens is 1. The molecule has 0 amide bonds. The molecule has 2 fully saturated rings. The second-order valence-electron chi connectivity index (χ2n) is 6.15. The van der Waals surface area contributed by atoms with E-state index in [1.807, 2.05) is 0 Å². The number of benzene rings is 1. The molecule has 1 heterocycles. The van der Waals surface area contributed by atoms with Crippen LogP contribution in [-0.4, -0.2) is 20.2 Å². The molecule has 1 unspecified atom stereocenters. The highest BCUT2D eigenvalue weighted by atomic mass is 35.5. The van der Waals surface area contributed by atoms with Gasteiger partial charge in [0.1, 0.15) is 5.75 Å². The Labute approximate surface area is 126 Å². The molecular weight excluding hydrogens is 270 g/mol. The van der Waals surface area contributed by atoms with E-state index in [1.165, 1.54) is 49.7 Å². The lowest BCUT2D eigenvalue weighted by Gasteiger charge is -2.25. The Morgan fingerprint density at radius 3 is 2.50 bits per heavy atom. The van der Waals surface area contributed by atoms with Crippen molar-refractivity contribution in [2.45, 2.75) is 50.4 Å². The van der Waals surface area contributed by atoms with E-state index in [0.29, 0.717) is 11.8 Å². The normalized spacial score (nSPS) is 24.0. The van der Waals surface area contributed by atoms with Gasteiger partial charge in [0, 0.05) is 6.54 Å². The molecule has 1 aliphatic heterocycles. The third-order valence-corrected chi connectivity index (χ3v) is 5.14. The molecule has 0 bridgehead atoms. The van der Waals surface area contributed by atoms with E-state index in [1.54, 1.807) is 7.11 Å². The van der Waals surface area contributed by atoms with Gasteiger partial charge < -0.3 is 10.1 Å². The summed E-state index contributed by atoms with van der Waals surface area (Å²) in [5.74, 6) is 2.15. The molecule has 1 atom stereocenters. The smallest absolute Gasteiger partial charge is 0.140 e. The van der Waals surface area contributed by atoms with Crippen LogP contribution in [-0.2, 0) is 0 Å². The second kappa shape index (κ2) is 6.36. The lowest BCUT2D eigenvalue weighted by atomic mass is 9.87. The van der Waals surface area contributed by atoms with Crippen LogP contribution in [0.4, 0.5) is 0 Å². The fraction of sp³-hybridized carbons (Fsp3) is 0.647. The number of ether oxygens (including phenoxy) is 1. The molecule has 1 aromatic rings. The number of methoxy groups -OCH3 is 1. The number of hydrogen-bond acceptors (Lipinski definition) is 2. The Balaban J connectivity index is 1.95. The predicted octanol–water partition coefficient (Wildman–Crippen LogP) is 4.47. The third-order valence-electron chi connectivity index (χ3n) is 4.86. The third kappa shape index (κ3) is 2.82. The minimum Gasteiger partial charge on any atom is -0.495 e. The van der Waals surface area contributed by atoms with E-state index >= 15 is 0 Å². The maximum absolute atomic E-state index is 6.49. The Bertz CT molecular complexity index is 462. The van der Waals surface area contributed by atoms with Gasteiger partial charge >= 0.3 is 0 Å². The van der Waals surface area contributed by atoms with Crippen LogP contribution in [0.5, 0.6) is 5.75 Å². The first-order valence-electron chi connectivity index (χ1n) is 7.87. The van der Waals surface area contributed by atoms with Crippen molar-refractivity contribution in [2.75, 3.05) is 20.2 Å². The molecule has 0 spiro atoms. The van der Waals surface area contributed by atoms with Crippen molar-refractivity contribution in [3.05, 3.63) is 28.3 Å². The van der Waals surface area contributed by atoms with Gasteiger partial charge in [0.05, 0.1) is 12.1 Å². The summed E-state index contributed by atoms with van der Waals surface area (Å²) >= 11 is 6.49. The molecule has 1 saturated carbocycles. The largest absolute Gasteiger partial charge is 0.495 e. The molecule has 1 N–H and O–H groups in total. The average Bonchev–Trinajstić information content (AvgIpc) is 3.01. The summed E-state index contributed by atoms with van der Waals surface area (Å²) in [6.45, 7) is 2.22. The van der Waals surface area contributed by atoms with Crippen molar-refractivity contribution in [1.82, 2.24) is 5.32 Å². The lowest BCUT2D eigenvalue weighted by Crippen LogP contribution is -2.28. The Kier molecular flexibility index (Phi) is 4.52. The quantitative estimate of drug-likeness (QED) is 0.887. The van der Waals surface area contributed by atoms with Crippen molar-refractivity contribution < 1.29 is 4.74 Å². The molecule has 3 rings (SSSR count). The minimum absolute atomic E-state index is 0.604. The Morgan fingerprint density at radius 2 is 1.85 bits per heavy atom. The second-order valence-corrected chi connectivity index (χ2v) is 6.56. The van der Waals surface area contributed by atoms with Gasteiger partial charge in [-0.3, -0.25) is 0 Å². The van der Waals surface area contributed by atoms with Gasteiger partial charge in [0.25, 0.3) is 0 Å². The van der Waals surface area contributed by atoms with E-state index in [9.17, 15) is 0 Å². The number of rotatable bonds is 3. The molecule has 0 radical (unpaired) electrons. The Hall–Kier alpha value is -0.730. The van der Waals surface area contributed by atoms with Gasteiger partial charge in [-0.25, -0.2) is 0 Å². The molecule has 2 nitrogen and oxygen atoms in total. The molecule has 1 aromatic carbocycles. The summed E-state index contributed by atoms with van der Waals surface area (Å²) in [6.07, 6.45) is 7.74. The van der Waals surface area contributed by atoms with Crippen LogP contribution in [0.2, 0.25) is 5.02 Å². The lowest BCUT2D eigenvalue weighted by molar-refractivity contribution is 0.404. The Morgan fingerprint density at radius 1 is 1.10 bits per heavy atom. The minimum atomic E-state index is 0.604. The standard InChI is InChI=1S/C17H24ClNO/c1-20-17-15(12-5-2-3-6-12)9-14(10-16(17)18)13-7-4-8-19-11-13/h9-10,12-13,19H,2-8,11H2,1H3. The molecule has 3 heteroatoms. The summed E-state index contributed by atoms with van der Waals surface area (Å²) in [7, 11) is 1.74. The van der Waals surface area contributed by atoms with E-state index in [0.717, 1.165) is 23.9 Å². The van der Waals surface area contributed by atoms with Crippen LogP contribution in [0, 0.1) is 0 Å². The molecule has 1 aliphatic carbocycles.